The number of benzene rings is 2. The minimum absolute atomic E-state index is 0.0806. The van der Waals surface area contributed by atoms with Crippen molar-refractivity contribution < 1.29 is 9.53 Å². The third-order valence-corrected chi connectivity index (χ3v) is 5.21. The number of esters is 1. The summed E-state index contributed by atoms with van der Waals surface area (Å²) in [5.74, 6) is -0.160. The highest BCUT2D eigenvalue weighted by Gasteiger charge is 2.52. The second kappa shape index (κ2) is 5.33. The van der Waals surface area contributed by atoms with Gasteiger partial charge in [0, 0.05) is 0 Å². The van der Waals surface area contributed by atoms with Crippen LogP contribution in [-0.4, -0.2) is 11.4 Å². The molecule has 0 saturated carbocycles. The van der Waals surface area contributed by atoms with Crippen molar-refractivity contribution in [2.45, 2.75) is 23.5 Å². The lowest BCUT2D eigenvalue weighted by molar-refractivity contribution is -0.144. The Kier molecular flexibility index (Phi) is 3.53. The Balaban J connectivity index is 2.17. The van der Waals surface area contributed by atoms with Gasteiger partial charge in [0.1, 0.15) is 5.44 Å². The van der Waals surface area contributed by atoms with Gasteiger partial charge < -0.3 is 4.74 Å². The van der Waals surface area contributed by atoms with Gasteiger partial charge >= 0.3 is 5.97 Å². The lowest BCUT2D eigenvalue weighted by Crippen LogP contribution is -2.30. The fraction of sp³-hybridized carbons (Fsp3) is 0.235. The molecule has 1 atom stereocenters. The molecule has 2 aromatic rings. The lowest BCUT2D eigenvalue weighted by atomic mass is 9.90. The molecule has 0 bridgehead atoms. The number of ether oxygens (including phenoxy) is 1. The molecule has 0 amide bonds. The molecule has 3 heteroatoms. The fourth-order valence-corrected chi connectivity index (χ4v) is 3.91. The van der Waals surface area contributed by atoms with E-state index in [1.54, 1.807) is 11.8 Å². The van der Waals surface area contributed by atoms with Gasteiger partial charge in [-0.05, 0) is 17.5 Å². The summed E-state index contributed by atoms with van der Waals surface area (Å²) in [7, 11) is 0. The Morgan fingerprint density at radius 3 is 1.90 bits per heavy atom. The number of rotatable bonds is 3. The van der Waals surface area contributed by atoms with Crippen LogP contribution in [0.5, 0.6) is 0 Å². The Bertz CT molecular complexity index is 555. The van der Waals surface area contributed by atoms with Gasteiger partial charge in [0.25, 0.3) is 0 Å². The molecule has 0 N–H and O–H groups in total. The zero-order valence-electron chi connectivity index (χ0n) is 11.3. The largest absolute Gasteiger partial charge is 0.450 e. The van der Waals surface area contributed by atoms with Crippen molar-refractivity contribution in [3.05, 3.63) is 71.8 Å². The first-order chi connectivity index (χ1) is 9.77. The molecular formula is C17H16O2S. The van der Waals surface area contributed by atoms with Gasteiger partial charge in [0.2, 0.25) is 0 Å². The van der Waals surface area contributed by atoms with E-state index in [4.69, 9.17) is 4.74 Å². The van der Waals surface area contributed by atoms with Gasteiger partial charge in [-0.3, -0.25) is 0 Å². The van der Waals surface area contributed by atoms with Gasteiger partial charge in [0.05, 0.1) is 0 Å². The summed E-state index contributed by atoms with van der Waals surface area (Å²) >= 11 is 1.60. The maximum atomic E-state index is 12.6. The molecule has 1 fully saturated rings. The van der Waals surface area contributed by atoms with Crippen molar-refractivity contribution in [3.8, 4) is 0 Å². The topological polar surface area (TPSA) is 26.3 Å². The Hall–Kier alpha value is -1.74. The molecule has 102 valence electrons. The van der Waals surface area contributed by atoms with Gasteiger partial charge in [-0.15, -0.1) is 0 Å². The van der Waals surface area contributed by atoms with E-state index < -0.39 is 4.75 Å². The predicted molar refractivity (Wildman–Crippen MR) is 81.4 cm³/mol. The molecule has 20 heavy (non-hydrogen) atoms. The van der Waals surface area contributed by atoms with Crippen LogP contribution in [0.4, 0.5) is 0 Å². The first kappa shape index (κ1) is 13.3. The standard InChI is InChI=1S/C17H16O2S/c1-2-15-19-16(18)17(20-15,13-9-5-3-6-10-13)14-11-7-4-8-12-14/h3-12,15H,2H2,1H3. The van der Waals surface area contributed by atoms with Crippen LogP contribution in [0.15, 0.2) is 60.7 Å². The fourth-order valence-electron chi connectivity index (χ4n) is 2.52. The number of hydrogen-bond donors (Lipinski definition) is 0. The average molecular weight is 284 g/mol. The number of thioether (sulfide) groups is 1. The van der Waals surface area contributed by atoms with Gasteiger partial charge in [-0.1, -0.05) is 79.3 Å². The molecule has 2 nitrogen and oxygen atoms in total. The summed E-state index contributed by atoms with van der Waals surface area (Å²) in [5.41, 5.74) is 1.89. The molecule has 1 aliphatic heterocycles. The zero-order chi connectivity index (χ0) is 14.0. The van der Waals surface area contributed by atoms with E-state index in [2.05, 4.69) is 0 Å². The van der Waals surface area contributed by atoms with Gasteiger partial charge in [-0.2, -0.15) is 0 Å². The van der Waals surface area contributed by atoms with Crippen LogP contribution in [0.1, 0.15) is 24.5 Å². The second-order valence-corrected chi connectivity index (χ2v) is 6.15. The monoisotopic (exact) mass is 284 g/mol. The molecule has 2 aromatic carbocycles. The van der Waals surface area contributed by atoms with Crippen molar-refractivity contribution in [2.24, 2.45) is 0 Å². The van der Waals surface area contributed by atoms with E-state index in [9.17, 15) is 4.79 Å². The maximum Gasteiger partial charge on any atom is 0.332 e. The quantitative estimate of drug-likeness (QED) is 0.798. The van der Waals surface area contributed by atoms with Crippen molar-refractivity contribution in [1.29, 1.82) is 0 Å². The minimum atomic E-state index is -0.733. The Morgan fingerprint density at radius 1 is 1.00 bits per heavy atom. The number of hydrogen-bond acceptors (Lipinski definition) is 3. The minimum Gasteiger partial charge on any atom is -0.450 e. The van der Waals surface area contributed by atoms with Crippen LogP contribution < -0.4 is 0 Å². The second-order valence-electron chi connectivity index (χ2n) is 4.77. The van der Waals surface area contributed by atoms with Crippen molar-refractivity contribution in [3.63, 3.8) is 0 Å². The van der Waals surface area contributed by atoms with Crippen LogP contribution >= 0.6 is 11.8 Å². The number of carbonyl (C=O) groups is 1. The molecule has 1 heterocycles. The Morgan fingerprint density at radius 2 is 1.50 bits per heavy atom. The normalized spacial score (nSPS) is 20.6. The molecule has 0 aromatic heterocycles. The molecular weight excluding hydrogens is 268 g/mol. The van der Waals surface area contributed by atoms with Gasteiger partial charge in [0.15, 0.2) is 4.75 Å². The molecule has 1 aliphatic rings. The predicted octanol–water partition coefficient (Wildman–Crippen LogP) is 3.96. The molecule has 0 radical (unpaired) electrons. The highest BCUT2D eigenvalue weighted by Crippen LogP contribution is 2.51. The zero-order valence-corrected chi connectivity index (χ0v) is 12.1. The van der Waals surface area contributed by atoms with Crippen molar-refractivity contribution in [2.75, 3.05) is 0 Å². The maximum absolute atomic E-state index is 12.6. The van der Waals surface area contributed by atoms with Crippen molar-refractivity contribution >= 4 is 17.7 Å². The van der Waals surface area contributed by atoms with E-state index >= 15 is 0 Å². The SMILES string of the molecule is CCC1OC(=O)C(c2ccccc2)(c2ccccc2)S1. The summed E-state index contributed by atoms with van der Waals surface area (Å²) in [6.07, 6.45) is 0.817. The van der Waals surface area contributed by atoms with Gasteiger partial charge in [-0.25, -0.2) is 4.79 Å². The third-order valence-electron chi connectivity index (χ3n) is 3.53. The highest BCUT2D eigenvalue weighted by molar-refractivity contribution is 8.02. The summed E-state index contributed by atoms with van der Waals surface area (Å²) in [5, 5.41) is 0. The smallest absolute Gasteiger partial charge is 0.332 e. The van der Waals surface area contributed by atoms with Crippen LogP contribution in [-0.2, 0) is 14.3 Å². The third kappa shape index (κ3) is 2.02. The lowest BCUT2D eigenvalue weighted by Gasteiger charge is -2.25. The van der Waals surface area contributed by atoms with E-state index in [0.717, 1.165) is 17.5 Å². The van der Waals surface area contributed by atoms with Crippen molar-refractivity contribution in [1.82, 2.24) is 0 Å². The molecule has 1 unspecified atom stereocenters. The van der Waals surface area contributed by atoms with E-state index in [1.807, 2.05) is 67.6 Å². The number of carbonyl (C=O) groups excluding carboxylic acids is 1. The molecule has 0 aliphatic carbocycles. The summed E-state index contributed by atoms with van der Waals surface area (Å²) < 4.78 is 4.83. The Labute approximate surface area is 123 Å². The van der Waals surface area contributed by atoms with E-state index in [1.165, 1.54) is 0 Å². The van der Waals surface area contributed by atoms with E-state index in [0.29, 0.717) is 0 Å². The van der Waals surface area contributed by atoms with Crippen LogP contribution in [0.3, 0.4) is 0 Å². The summed E-state index contributed by atoms with van der Waals surface area (Å²) in [6, 6.07) is 19.8. The van der Waals surface area contributed by atoms with Crippen LogP contribution in [0, 0.1) is 0 Å². The first-order valence-corrected chi connectivity index (χ1v) is 7.65. The molecule has 0 spiro atoms. The highest BCUT2D eigenvalue weighted by atomic mass is 32.2. The first-order valence-electron chi connectivity index (χ1n) is 6.77. The summed E-state index contributed by atoms with van der Waals surface area (Å²) in [6.45, 7) is 2.04. The molecule has 1 saturated heterocycles. The van der Waals surface area contributed by atoms with Crippen LogP contribution in [0.2, 0.25) is 0 Å². The molecule has 3 rings (SSSR count). The average Bonchev–Trinajstić information content (AvgIpc) is 2.87. The number of cyclic esters (lactones) is 1. The summed E-state index contributed by atoms with van der Waals surface area (Å²) in [4.78, 5) is 12.6. The van der Waals surface area contributed by atoms with Crippen LogP contribution in [0.25, 0.3) is 0 Å². The van der Waals surface area contributed by atoms with E-state index in [-0.39, 0.29) is 11.4 Å².